The van der Waals surface area contributed by atoms with Gasteiger partial charge in [-0.15, -0.1) is 0 Å². The minimum absolute atomic E-state index is 1.17. The molecule has 4 aromatic heterocycles. The lowest BCUT2D eigenvalue weighted by Crippen LogP contribution is -1.93. The van der Waals surface area contributed by atoms with E-state index in [2.05, 4.69) is 370 Å². The predicted octanol–water partition coefficient (Wildman–Crippen LogP) is 24.9. The summed E-state index contributed by atoms with van der Waals surface area (Å²) >= 11 is 0. The molecule has 17 aromatic carbocycles. The van der Waals surface area contributed by atoms with Crippen molar-refractivity contribution < 1.29 is 0 Å². The molecule has 0 fully saturated rings. The molecule has 0 N–H and O–H groups in total. The number of aromatic nitrogens is 4. The van der Waals surface area contributed by atoms with Crippen LogP contribution in [0.3, 0.4) is 0 Å². The summed E-state index contributed by atoms with van der Waals surface area (Å²) in [6.07, 6.45) is 0. The second-order valence-corrected chi connectivity index (χ2v) is 25.5. The summed E-state index contributed by atoms with van der Waals surface area (Å²) in [4.78, 5) is 0. The molecule has 0 spiro atoms. The van der Waals surface area contributed by atoms with Crippen LogP contribution in [0.25, 0.3) is 186 Å². The maximum absolute atomic E-state index is 2.44. The van der Waals surface area contributed by atoms with E-state index in [1.165, 1.54) is 186 Å². The molecule has 21 rings (SSSR count). The molecule has 96 heavy (non-hydrogen) atoms. The lowest BCUT2D eigenvalue weighted by Gasteiger charge is -2.12. The summed E-state index contributed by atoms with van der Waals surface area (Å²) in [5.74, 6) is 0. The minimum Gasteiger partial charge on any atom is -0.309 e. The van der Waals surface area contributed by atoms with E-state index in [4.69, 9.17) is 0 Å². The molecular weight excluding hydrogens is 1160 g/mol. The Morgan fingerprint density at radius 3 is 0.875 bits per heavy atom. The third kappa shape index (κ3) is 8.16. The van der Waals surface area contributed by atoms with Gasteiger partial charge in [0.2, 0.25) is 0 Å². The van der Waals surface area contributed by atoms with Gasteiger partial charge in [-0.3, -0.25) is 0 Å². The normalized spacial score (nSPS) is 12.0. The summed E-state index contributed by atoms with van der Waals surface area (Å²) in [6, 6.07) is 129. The number of benzene rings is 17. The summed E-state index contributed by atoms with van der Waals surface area (Å²) < 4.78 is 9.62. The highest BCUT2D eigenvalue weighted by molar-refractivity contribution is 6.36. The van der Waals surface area contributed by atoms with Crippen molar-refractivity contribution in [3.63, 3.8) is 0 Å². The van der Waals surface area contributed by atoms with Gasteiger partial charge in [-0.2, -0.15) is 0 Å². The number of para-hydroxylation sites is 6. The van der Waals surface area contributed by atoms with E-state index in [9.17, 15) is 0 Å². The fourth-order valence-electron chi connectivity index (χ4n) is 16.2. The smallest absolute Gasteiger partial charge is 0.0547 e. The highest BCUT2D eigenvalue weighted by atomic mass is 15.0. The van der Waals surface area contributed by atoms with Crippen molar-refractivity contribution in [2.45, 2.75) is 0 Å². The molecule has 0 aliphatic rings. The molecule has 4 heterocycles. The van der Waals surface area contributed by atoms with Crippen LogP contribution in [0.2, 0.25) is 0 Å². The molecule has 0 saturated heterocycles. The van der Waals surface area contributed by atoms with Gasteiger partial charge in [-0.05, 0) is 192 Å². The topological polar surface area (TPSA) is 19.7 Å². The van der Waals surface area contributed by atoms with Gasteiger partial charge in [0.25, 0.3) is 0 Å². The molecule has 446 valence electrons. The second kappa shape index (κ2) is 21.4. The van der Waals surface area contributed by atoms with Crippen LogP contribution in [0, 0.1) is 0 Å². The molecule has 0 atom stereocenters. The Bertz CT molecular complexity index is 6690. The first-order chi connectivity index (χ1) is 47.7. The van der Waals surface area contributed by atoms with Crippen LogP contribution in [0.1, 0.15) is 0 Å². The molecule has 4 heteroatoms. The van der Waals surface area contributed by atoms with Crippen molar-refractivity contribution in [1.82, 2.24) is 18.3 Å². The van der Waals surface area contributed by atoms with Gasteiger partial charge in [-0.1, -0.05) is 231 Å². The standard InChI is InChI=1S/C48H30N2.C44H28N2/c1-3-13-33(14-4-1)49-43-22-12-11-20-38(43)41-29-31(23-26-44(41)49)32-24-27-45-42(30-32)48-46(50(45)34-15-5-2-6-16-34)28-25-40-37-19-8-7-17-35(37)36-18-9-10-21-39(36)47(40)48;1-3-12-33(13-4-1)45-39-18-10-9-17-36(39)37-27-31(22-24-40(37)45)32-23-25-41-38(28-32)44-42(46(41)34-14-5-2-6-15-34)26-21-30-20-19-29-11-7-8-16-35(29)43(30)44/h1-30H;1-28H. The molecule has 0 amide bonds. The number of fused-ring (bicyclic) bond motifs is 23. The third-order valence-electron chi connectivity index (χ3n) is 20.3. The van der Waals surface area contributed by atoms with E-state index in [0.29, 0.717) is 0 Å². The van der Waals surface area contributed by atoms with Crippen molar-refractivity contribution in [2.24, 2.45) is 0 Å². The van der Waals surface area contributed by atoms with Gasteiger partial charge < -0.3 is 18.3 Å². The first kappa shape index (κ1) is 53.9. The lowest BCUT2D eigenvalue weighted by atomic mass is 9.91. The van der Waals surface area contributed by atoms with Crippen LogP contribution in [0.5, 0.6) is 0 Å². The highest BCUT2D eigenvalue weighted by Crippen LogP contribution is 2.47. The first-order valence-corrected chi connectivity index (χ1v) is 33.1. The Kier molecular flexibility index (Phi) is 12.0. The monoisotopic (exact) mass is 1220 g/mol. The van der Waals surface area contributed by atoms with Gasteiger partial charge >= 0.3 is 0 Å². The van der Waals surface area contributed by atoms with E-state index < -0.39 is 0 Å². The van der Waals surface area contributed by atoms with Crippen molar-refractivity contribution in [2.75, 3.05) is 0 Å². The number of hydrogen-bond acceptors (Lipinski definition) is 0. The Labute approximate surface area is 552 Å². The van der Waals surface area contributed by atoms with Gasteiger partial charge in [0, 0.05) is 71.2 Å². The summed E-state index contributed by atoms with van der Waals surface area (Å²) in [7, 11) is 0. The van der Waals surface area contributed by atoms with Crippen LogP contribution in [-0.4, -0.2) is 18.3 Å². The fourth-order valence-corrected chi connectivity index (χ4v) is 16.2. The van der Waals surface area contributed by atoms with E-state index >= 15 is 0 Å². The molecular formula is C92H58N4. The molecule has 21 aromatic rings. The maximum Gasteiger partial charge on any atom is 0.0547 e. The Balaban J connectivity index is 0.000000132. The van der Waals surface area contributed by atoms with Gasteiger partial charge in [0.15, 0.2) is 0 Å². The van der Waals surface area contributed by atoms with E-state index in [0.717, 1.165) is 0 Å². The molecule has 0 bridgehead atoms. The number of hydrogen-bond donors (Lipinski definition) is 0. The van der Waals surface area contributed by atoms with Crippen LogP contribution < -0.4 is 0 Å². The van der Waals surface area contributed by atoms with Gasteiger partial charge in [0.1, 0.15) is 0 Å². The van der Waals surface area contributed by atoms with Crippen LogP contribution in [0.15, 0.2) is 352 Å². The summed E-state index contributed by atoms with van der Waals surface area (Å²) in [5.41, 5.74) is 19.3. The largest absolute Gasteiger partial charge is 0.309 e. The van der Waals surface area contributed by atoms with Crippen molar-refractivity contribution in [3.8, 4) is 45.0 Å². The number of rotatable bonds is 6. The predicted molar refractivity (Wildman–Crippen MR) is 409 cm³/mol. The van der Waals surface area contributed by atoms with Gasteiger partial charge in [0.05, 0.1) is 44.1 Å². The molecule has 0 unspecified atom stereocenters. The highest BCUT2D eigenvalue weighted by Gasteiger charge is 2.23. The number of nitrogens with zero attached hydrogens (tertiary/aromatic N) is 4. The fraction of sp³-hybridized carbons (Fsp3) is 0. The second-order valence-electron chi connectivity index (χ2n) is 25.5. The first-order valence-electron chi connectivity index (χ1n) is 33.1. The lowest BCUT2D eigenvalue weighted by molar-refractivity contribution is 1.18. The average Bonchev–Trinajstić information content (AvgIpc) is 1.42. The van der Waals surface area contributed by atoms with E-state index in [-0.39, 0.29) is 0 Å². The van der Waals surface area contributed by atoms with E-state index in [1.54, 1.807) is 0 Å². The molecule has 0 aliphatic carbocycles. The quantitative estimate of drug-likeness (QED) is 0.148. The van der Waals surface area contributed by atoms with Crippen LogP contribution in [0.4, 0.5) is 0 Å². The maximum atomic E-state index is 2.44. The Morgan fingerprint density at radius 1 is 0.135 bits per heavy atom. The SMILES string of the molecule is c1ccc(-n2c3ccccc3c3cc(-c4ccc5c(c4)c4c6c(ccc7ccccc76)ccc4n5-c4ccccc4)ccc32)cc1.c1ccc(-n2c3ccccc3c3cc(-c4ccc5c(c4)c4c6c7ccccc7c7ccccc7c6ccc4n5-c4ccccc4)ccc32)cc1. The summed E-state index contributed by atoms with van der Waals surface area (Å²) in [5, 5.41) is 23.1. The van der Waals surface area contributed by atoms with Crippen LogP contribution in [-0.2, 0) is 0 Å². The van der Waals surface area contributed by atoms with Crippen molar-refractivity contribution in [3.05, 3.63) is 352 Å². The zero-order valence-electron chi connectivity index (χ0n) is 52.3. The Morgan fingerprint density at radius 2 is 0.417 bits per heavy atom. The summed E-state index contributed by atoms with van der Waals surface area (Å²) in [6.45, 7) is 0. The molecule has 4 nitrogen and oxygen atoms in total. The zero-order chi connectivity index (χ0) is 63.0. The average molecular weight is 1220 g/mol. The van der Waals surface area contributed by atoms with Gasteiger partial charge in [-0.25, -0.2) is 0 Å². The van der Waals surface area contributed by atoms with E-state index in [1.807, 2.05) is 0 Å². The van der Waals surface area contributed by atoms with Crippen molar-refractivity contribution >= 4 is 141 Å². The Hall–Kier alpha value is -12.8. The molecule has 0 saturated carbocycles. The molecule has 0 radical (unpaired) electrons. The zero-order valence-corrected chi connectivity index (χ0v) is 52.3. The third-order valence-corrected chi connectivity index (χ3v) is 20.3. The van der Waals surface area contributed by atoms with Crippen LogP contribution >= 0.6 is 0 Å². The molecule has 0 aliphatic heterocycles. The minimum atomic E-state index is 1.17. The van der Waals surface area contributed by atoms with Crippen molar-refractivity contribution in [1.29, 1.82) is 0 Å².